The van der Waals surface area contributed by atoms with Crippen LogP contribution in [-0.4, -0.2) is 26.0 Å². The van der Waals surface area contributed by atoms with E-state index in [1.54, 1.807) is 32.4 Å². The Bertz CT molecular complexity index is 1260. The highest BCUT2D eigenvalue weighted by atomic mass is 16.5. The van der Waals surface area contributed by atoms with Crippen LogP contribution >= 0.6 is 0 Å². The number of methoxy groups -OCH3 is 2. The fraction of sp³-hybridized carbons (Fsp3) is 0.154. The van der Waals surface area contributed by atoms with E-state index in [-0.39, 0.29) is 29.9 Å². The van der Waals surface area contributed by atoms with Gasteiger partial charge in [-0.25, -0.2) is 0 Å². The van der Waals surface area contributed by atoms with Crippen LogP contribution in [0.2, 0.25) is 0 Å². The van der Waals surface area contributed by atoms with Crippen molar-refractivity contribution in [2.45, 2.75) is 12.3 Å². The van der Waals surface area contributed by atoms with Crippen LogP contribution in [-0.2, 0) is 4.79 Å². The van der Waals surface area contributed by atoms with Crippen molar-refractivity contribution in [1.29, 1.82) is 0 Å². The summed E-state index contributed by atoms with van der Waals surface area (Å²) < 4.78 is 22.2. The molecule has 0 amide bonds. The van der Waals surface area contributed by atoms with Crippen molar-refractivity contribution in [3.63, 3.8) is 0 Å². The van der Waals surface area contributed by atoms with Gasteiger partial charge >= 0.3 is 5.97 Å². The van der Waals surface area contributed by atoms with Crippen LogP contribution in [0.1, 0.15) is 39.4 Å². The number of esters is 1. The summed E-state index contributed by atoms with van der Waals surface area (Å²) in [4.78, 5) is 25.4. The maximum absolute atomic E-state index is 13.1. The highest BCUT2D eigenvalue weighted by Gasteiger charge is 2.38. The molecule has 5 rings (SSSR count). The lowest BCUT2D eigenvalue weighted by Crippen LogP contribution is -2.21. The van der Waals surface area contributed by atoms with E-state index in [4.69, 9.17) is 18.9 Å². The Kier molecular flexibility index (Phi) is 4.90. The smallest absolute Gasteiger partial charge is 0.312 e. The number of ketones is 1. The molecule has 0 saturated heterocycles. The number of hydrogen-bond donors (Lipinski definition) is 0. The van der Waals surface area contributed by atoms with Crippen molar-refractivity contribution >= 4 is 17.8 Å². The zero-order chi connectivity index (χ0) is 22.2. The minimum absolute atomic E-state index is 0.152. The van der Waals surface area contributed by atoms with Crippen LogP contribution in [0.15, 0.2) is 66.4 Å². The van der Waals surface area contributed by atoms with Crippen molar-refractivity contribution in [1.82, 2.24) is 0 Å². The van der Waals surface area contributed by atoms with E-state index in [1.165, 1.54) is 0 Å². The predicted octanol–water partition coefficient (Wildman–Crippen LogP) is 4.76. The average molecular weight is 428 g/mol. The van der Waals surface area contributed by atoms with Crippen molar-refractivity contribution < 1.29 is 28.5 Å². The molecule has 3 aromatic rings. The molecule has 0 saturated carbocycles. The monoisotopic (exact) mass is 428 g/mol. The first-order valence-corrected chi connectivity index (χ1v) is 10.2. The van der Waals surface area contributed by atoms with Crippen molar-refractivity contribution in [3.05, 3.63) is 88.7 Å². The standard InChI is InChI=1S/C26H20O6/c1-29-17-9-7-15(8-10-17)19-14-23(27)31-21-12-11-18-25(28)22(32-26(18)24(19)21)13-16-5-3-4-6-20(16)30-2/h3-13,19H,14H2,1-2H3/b22-13-/t19-/m0/s1. The second-order valence-electron chi connectivity index (χ2n) is 7.54. The number of carbonyl (C=O) groups is 2. The Balaban J connectivity index is 1.60. The van der Waals surface area contributed by atoms with Crippen LogP contribution in [0.5, 0.6) is 23.0 Å². The van der Waals surface area contributed by atoms with Crippen LogP contribution in [0.3, 0.4) is 0 Å². The first-order valence-electron chi connectivity index (χ1n) is 10.2. The summed E-state index contributed by atoms with van der Waals surface area (Å²) in [6.45, 7) is 0. The van der Waals surface area contributed by atoms with Gasteiger partial charge in [-0.2, -0.15) is 0 Å². The summed E-state index contributed by atoms with van der Waals surface area (Å²) in [5, 5.41) is 0. The number of para-hydroxylation sites is 1. The van der Waals surface area contributed by atoms with Crippen molar-refractivity contribution in [3.8, 4) is 23.0 Å². The van der Waals surface area contributed by atoms with Crippen LogP contribution in [0, 0.1) is 0 Å². The maximum Gasteiger partial charge on any atom is 0.312 e. The molecule has 1 atom stereocenters. The first kappa shape index (κ1) is 19.9. The zero-order valence-electron chi connectivity index (χ0n) is 17.6. The maximum atomic E-state index is 13.1. The van der Waals surface area contributed by atoms with Gasteiger partial charge in [-0.05, 0) is 42.0 Å². The lowest BCUT2D eigenvalue weighted by molar-refractivity contribution is -0.135. The summed E-state index contributed by atoms with van der Waals surface area (Å²) in [5.74, 6) is 1.55. The molecule has 2 aliphatic rings. The molecule has 0 fully saturated rings. The fourth-order valence-corrected chi connectivity index (χ4v) is 4.15. The van der Waals surface area contributed by atoms with Gasteiger partial charge in [-0.1, -0.05) is 30.3 Å². The van der Waals surface area contributed by atoms with Crippen LogP contribution in [0.4, 0.5) is 0 Å². The van der Waals surface area contributed by atoms with Gasteiger partial charge in [0.25, 0.3) is 0 Å². The van der Waals surface area contributed by atoms with Gasteiger partial charge in [-0.15, -0.1) is 0 Å². The summed E-state index contributed by atoms with van der Waals surface area (Å²) in [6, 6.07) is 18.2. The lowest BCUT2D eigenvalue weighted by Gasteiger charge is -2.26. The Morgan fingerprint density at radius 2 is 1.69 bits per heavy atom. The number of Topliss-reactive ketones (excluding diaryl/α,β-unsaturated/α-hetero) is 1. The molecule has 32 heavy (non-hydrogen) atoms. The fourth-order valence-electron chi connectivity index (χ4n) is 4.15. The van der Waals surface area contributed by atoms with E-state index in [9.17, 15) is 9.59 Å². The topological polar surface area (TPSA) is 71.1 Å². The normalized spacial score (nSPS) is 17.9. The first-order chi connectivity index (χ1) is 15.6. The second kappa shape index (κ2) is 7.89. The van der Waals surface area contributed by atoms with Gasteiger partial charge in [-0.3, -0.25) is 9.59 Å². The lowest BCUT2D eigenvalue weighted by atomic mass is 9.84. The van der Waals surface area contributed by atoms with Gasteiger partial charge in [0.05, 0.1) is 26.2 Å². The Morgan fingerprint density at radius 3 is 2.44 bits per heavy atom. The Labute approximate surface area is 185 Å². The summed E-state index contributed by atoms with van der Waals surface area (Å²) >= 11 is 0. The average Bonchev–Trinajstić information content (AvgIpc) is 3.14. The van der Waals surface area contributed by atoms with Gasteiger partial charge in [0.2, 0.25) is 5.78 Å². The molecule has 0 aromatic heterocycles. The highest BCUT2D eigenvalue weighted by molar-refractivity contribution is 6.15. The number of allylic oxidation sites excluding steroid dienone is 1. The summed E-state index contributed by atoms with van der Waals surface area (Å²) in [5.41, 5.74) is 2.79. The Hall–Kier alpha value is -4.06. The molecule has 0 radical (unpaired) electrons. The van der Waals surface area contributed by atoms with Gasteiger partial charge < -0.3 is 18.9 Å². The van der Waals surface area contributed by atoms with E-state index in [1.807, 2.05) is 48.5 Å². The molecular weight excluding hydrogens is 408 g/mol. The molecule has 6 nitrogen and oxygen atoms in total. The minimum Gasteiger partial charge on any atom is -0.497 e. The third-order valence-electron chi connectivity index (χ3n) is 5.72. The number of carbonyl (C=O) groups excluding carboxylic acids is 2. The number of benzene rings is 3. The van der Waals surface area contributed by atoms with E-state index < -0.39 is 0 Å². The van der Waals surface area contributed by atoms with E-state index in [0.29, 0.717) is 28.4 Å². The number of rotatable bonds is 4. The summed E-state index contributed by atoms with van der Waals surface area (Å²) in [6.07, 6.45) is 1.82. The molecule has 0 unspecified atom stereocenters. The molecule has 2 heterocycles. The quantitative estimate of drug-likeness (QED) is 0.339. The minimum atomic E-state index is -0.327. The van der Waals surface area contributed by atoms with Gasteiger partial charge in [0, 0.05) is 17.0 Å². The number of fused-ring (bicyclic) bond motifs is 3. The molecule has 0 aliphatic carbocycles. The molecule has 0 spiro atoms. The van der Waals surface area contributed by atoms with Crippen molar-refractivity contribution in [2.24, 2.45) is 0 Å². The second-order valence-corrected chi connectivity index (χ2v) is 7.54. The molecule has 160 valence electrons. The highest BCUT2D eigenvalue weighted by Crippen LogP contribution is 2.49. The van der Waals surface area contributed by atoms with Gasteiger partial charge in [0.15, 0.2) is 5.76 Å². The van der Waals surface area contributed by atoms with E-state index >= 15 is 0 Å². The van der Waals surface area contributed by atoms with Crippen molar-refractivity contribution in [2.75, 3.05) is 14.2 Å². The third kappa shape index (κ3) is 3.30. The summed E-state index contributed by atoms with van der Waals surface area (Å²) in [7, 11) is 3.18. The Morgan fingerprint density at radius 1 is 0.906 bits per heavy atom. The van der Waals surface area contributed by atoms with Crippen LogP contribution in [0.25, 0.3) is 6.08 Å². The number of ether oxygens (including phenoxy) is 4. The molecule has 6 heteroatoms. The van der Waals surface area contributed by atoms with Crippen LogP contribution < -0.4 is 18.9 Å². The van der Waals surface area contributed by atoms with E-state index in [0.717, 1.165) is 16.9 Å². The largest absolute Gasteiger partial charge is 0.497 e. The molecule has 3 aromatic carbocycles. The zero-order valence-corrected chi connectivity index (χ0v) is 17.6. The molecule has 0 N–H and O–H groups in total. The molecule has 0 bridgehead atoms. The molecular formula is C26H20O6. The van der Waals surface area contributed by atoms with Gasteiger partial charge in [0.1, 0.15) is 23.0 Å². The molecule has 2 aliphatic heterocycles. The van der Waals surface area contributed by atoms with E-state index in [2.05, 4.69) is 0 Å². The third-order valence-corrected chi connectivity index (χ3v) is 5.72. The predicted molar refractivity (Wildman–Crippen MR) is 117 cm³/mol. The SMILES string of the molecule is COc1ccc([C@@H]2CC(=O)Oc3ccc4c(c32)O/C(=C\c2ccccc2OC)C4=O)cc1. The number of hydrogen-bond acceptors (Lipinski definition) is 6.